The number of benzene rings is 1. The molecule has 136 valence electrons. The summed E-state index contributed by atoms with van der Waals surface area (Å²) in [5, 5.41) is 7.77. The highest BCUT2D eigenvalue weighted by Crippen LogP contribution is 2.46. The number of nitrogens with one attached hydrogen (secondary N) is 1. The summed E-state index contributed by atoms with van der Waals surface area (Å²) in [6, 6.07) is 8.78. The third-order valence-electron chi connectivity index (χ3n) is 5.51. The van der Waals surface area contributed by atoms with Crippen molar-refractivity contribution < 1.29 is 4.52 Å². The molecule has 4 rings (SSSR count). The first-order valence-corrected chi connectivity index (χ1v) is 9.49. The van der Waals surface area contributed by atoms with Crippen molar-refractivity contribution in [2.24, 2.45) is 0 Å². The second-order valence-electron chi connectivity index (χ2n) is 6.95. The topological polar surface area (TPSA) is 54.2 Å². The van der Waals surface area contributed by atoms with Gasteiger partial charge in [-0.25, -0.2) is 0 Å². The molecule has 1 aromatic heterocycles. The lowest BCUT2D eigenvalue weighted by Gasteiger charge is -2.30. The molecule has 1 N–H and O–H groups in total. The summed E-state index contributed by atoms with van der Waals surface area (Å²) < 4.78 is 6.91. The Labute approximate surface area is 163 Å². The number of aromatic nitrogens is 2. The predicted octanol–water partition coefficient (Wildman–Crippen LogP) is 3.69. The van der Waals surface area contributed by atoms with Gasteiger partial charge < -0.3 is 9.84 Å². The van der Waals surface area contributed by atoms with Crippen molar-refractivity contribution in [3.05, 3.63) is 46.0 Å². The van der Waals surface area contributed by atoms with Gasteiger partial charge >= 0.3 is 0 Å². The van der Waals surface area contributed by atoms with Crippen LogP contribution in [-0.4, -0.2) is 41.7 Å². The van der Waals surface area contributed by atoms with E-state index in [0.29, 0.717) is 0 Å². The lowest BCUT2D eigenvalue weighted by Crippen LogP contribution is -2.44. The van der Waals surface area contributed by atoms with Crippen LogP contribution in [-0.2, 0) is 5.41 Å². The van der Waals surface area contributed by atoms with E-state index < -0.39 is 0 Å². The smallest absolute Gasteiger partial charge is 0.237 e. The van der Waals surface area contributed by atoms with Crippen LogP contribution >= 0.6 is 28.3 Å². The molecule has 1 aliphatic carbocycles. The summed E-state index contributed by atoms with van der Waals surface area (Å²) in [5.74, 6) is 1.60. The Morgan fingerprint density at radius 3 is 2.64 bits per heavy atom. The van der Waals surface area contributed by atoms with Crippen molar-refractivity contribution in [3.8, 4) is 0 Å². The second kappa shape index (κ2) is 7.74. The van der Waals surface area contributed by atoms with E-state index in [9.17, 15) is 0 Å². The predicted molar refractivity (Wildman–Crippen MR) is 103 cm³/mol. The van der Waals surface area contributed by atoms with E-state index in [1.807, 2.05) is 0 Å². The average molecular weight is 428 g/mol. The van der Waals surface area contributed by atoms with Crippen LogP contribution < -0.4 is 5.32 Å². The van der Waals surface area contributed by atoms with E-state index in [1.54, 1.807) is 0 Å². The number of hydrogen-bond acceptors (Lipinski definition) is 5. The standard InChI is InChI=1S/C18H23BrN4O.ClH/c1-23-11-10-20-12-15(23)16-21-17(24-22-16)18(8-2-3-9-18)13-4-6-14(19)7-5-13;/h4-7,15,20H,2-3,8-12H2,1H3;1H. The molecule has 1 aliphatic heterocycles. The first-order chi connectivity index (χ1) is 11.7. The number of nitrogens with zero attached hydrogens (tertiary/aromatic N) is 3. The molecule has 2 fully saturated rings. The molecule has 1 saturated heterocycles. The van der Waals surface area contributed by atoms with Gasteiger partial charge in [-0.15, -0.1) is 12.4 Å². The molecule has 2 heterocycles. The first-order valence-electron chi connectivity index (χ1n) is 8.70. The minimum atomic E-state index is -0.118. The second-order valence-corrected chi connectivity index (χ2v) is 7.87. The molecule has 1 aromatic carbocycles. The summed E-state index contributed by atoms with van der Waals surface area (Å²) in [5.41, 5.74) is 1.17. The molecule has 2 aromatic rings. The zero-order valence-corrected chi connectivity index (χ0v) is 16.8. The fourth-order valence-electron chi connectivity index (χ4n) is 4.03. The molecule has 1 unspecified atom stereocenters. The highest BCUT2D eigenvalue weighted by atomic mass is 79.9. The fourth-order valence-corrected chi connectivity index (χ4v) is 4.30. The minimum Gasteiger partial charge on any atom is -0.338 e. The quantitative estimate of drug-likeness (QED) is 0.809. The van der Waals surface area contributed by atoms with E-state index in [1.165, 1.54) is 18.4 Å². The fraction of sp³-hybridized carbons (Fsp3) is 0.556. The molecular formula is C18H24BrClN4O. The van der Waals surface area contributed by atoms with Crippen molar-refractivity contribution in [2.75, 3.05) is 26.7 Å². The zero-order valence-electron chi connectivity index (χ0n) is 14.4. The lowest BCUT2D eigenvalue weighted by molar-refractivity contribution is 0.190. The summed E-state index contributed by atoms with van der Waals surface area (Å²) in [7, 11) is 2.13. The normalized spacial score (nSPS) is 23.4. The zero-order chi connectivity index (χ0) is 16.6. The molecule has 25 heavy (non-hydrogen) atoms. The van der Waals surface area contributed by atoms with Crippen molar-refractivity contribution in [1.29, 1.82) is 0 Å². The number of halogens is 2. The van der Waals surface area contributed by atoms with Crippen molar-refractivity contribution in [2.45, 2.75) is 37.1 Å². The Morgan fingerprint density at radius 1 is 1.24 bits per heavy atom. The Balaban J connectivity index is 0.00000182. The van der Waals surface area contributed by atoms with Crippen LogP contribution in [0.3, 0.4) is 0 Å². The molecule has 0 amide bonds. The molecule has 0 bridgehead atoms. The van der Waals surface area contributed by atoms with Crippen molar-refractivity contribution in [1.82, 2.24) is 20.4 Å². The molecule has 2 aliphatic rings. The maximum Gasteiger partial charge on any atom is 0.237 e. The van der Waals surface area contributed by atoms with Gasteiger partial charge in [0.2, 0.25) is 5.89 Å². The van der Waals surface area contributed by atoms with Gasteiger partial charge in [0.25, 0.3) is 0 Å². The summed E-state index contributed by atoms with van der Waals surface area (Å²) in [4.78, 5) is 7.16. The Hall–Kier alpha value is -0.950. The highest BCUT2D eigenvalue weighted by molar-refractivity contribution is 9.10. The van der Waals surface area contributed by atoms with Gasteiger partial charge in [-0.1, -0.05) is 46.1 Å². The van der Waals surface area contributed by atoms with Crippen LogP contribution in [0.2, 0.25) is 0 Å². The van der Waals surface area contributed by atoms with Crippen molar-refractivity contribution in [3.63, 3.8) is 0 Å². The number of hydrogen-bond donors (Lipinski definition) is 1. The van der Waals surface area contributed by atoms with E-state index in [0.717, 1.165) is 48.7 Å². The molecule has 5 nitrogen and oxygen atoms in total. The van der Waals surface area contributed by atoms with E-state index in [4.69, 9.17) is 9.51 Å². The third kappa shape index (κ3) is 3.50. The van der Waals surface area contributed by atoms with E-state index in [2.05, 4.69) is 62.6 Å². The van der Waals surface area contributed by atoms with Gasteiger partial charge in [-0.05, 0) is 37.6 Å². The maximum atomic E-state index is 5.81. The Bertz CT molecular complexity index is 699. The molecule has 1 saturated carbocycles. The van der Waals surface area contributed by atoms with Gasteiger partial charge in [-0.2, -0.15) is 4.98 Å². The molecule has 0 spiro atoms. The molecule has 7 heteroatoms. The number of piperazine rings is 1. The molecule has 1 atom stereocenters. The van der Waals surface area contributed by atoms with Crippen LogP contribution in [0.1, 0.15) is 49.0 Å². The number of rotatable bonds is 3. The van der Waals surface area contributed by atoms with Crippen LogP contribution in [0.15, 0.2) is 33.3 Å². The van der Waals surface area contributed by atoms with Crippen LogP contribution in [0, 0.1) is 0 Å². The van der Waals surface area contributed by atoms with Crippen molar-refractivity contribution >= 4 is 28.3 Å². The van der Waals surface area contributed by atoms with E-state index in [-0.39, 0.29) is 23.9 Å². The van der Waals surface area contributed by atoms with Crippen LogP contribution in [0.25, 0.3) is 0 Å². The SMILES string of the molecule is CN1CCNCC1c1noc(C2(c3ccc(Br)cc3)CCCC2)n1.Cl. The number of likely N-dealkylation sites (N-methyl/N-ethyl adjacent to an activating group) is 1. The minimum absolute atomic E-state index is 0. The van der Waals surface area contributed by atoms with Gasteiger partial charge in [0.05, 0.1) is 11.5 Å². The molecular weight excluding hydrogens is 404 g/mol. The molecule has 0 radical (unpaired) electrons. The van der Waals surface area contributed by atoms with Gasteiger partial charge in [0.15, 0.2) is 5.82 Å². The Kier molecular flexibility index (Phi) is 5.83. The Morgan fingerprint density at radius 2 is 1.96 bits per heavy atom. The lowest BCUT2D eigenvalue weighted by atomic mass is 9.79. The largest absolute Gasteiger partial charge is 0.338 e. The highest BCUT2D eigenvalue weighted by Gasteiger charge is 2.43. The maximum absolute atomic E-state index is 5.81. The van der Waals surface area contributed by atoms with E-state index >= 15 is 0 Å². The van der Waals surface area contributed by atoms with Gasteiger partial charge in [0.1, 0.15) is 0 Å². The van der Waals surface area contributed by atoms with Gasteiger partial charge in [0, 0.05) is 24.1 Å². The van der Waals surface area contributed by atoms with Crippen LogP contribution in [0.4, 0.5) is 0 Å². The summed E-state index contributed by atoms with van der Waals surface area (Å²) in [6.07, 6.45) is 4.57. The summed E-state index contributed by atoms with van der Waals surface area (Å²) >= 11 is 3.53. The third-order valence-corrected chi connectivity index (χ3v) is 6.04. The monoisotopic (exact) mass is 426 g/mol. The average Bonchev–Trinajstić information content (AvgIpc) is 3.26. The van der Waals surface area contributed by atoms with Crippen LogP contribution in [0.5, 0.6) is 0 Å². The van der Waals surface area contributed by atoms with Gasteiger partial charge in [-0.3, -0.25) is 4.90 Å². The summed E-state index contributed by atoms with van der Waals surface area (Å²) in [6.45, 7) is 2.90. The first kappa shape index (κ1) is 18.8.